The first-order chi connectivity index (χ1) is 7.78. The lowest BCUT2D eigenvalue weighted by atomic mass is 10.1. The second-order valence-corrected chi connectivity index (χ2v) is 4.33. The summed E-state index contributed by atoms with van der Waals surface area (Å²) < 4.78 is 0. The largest absolute Gasteiger partial charge is 0.160 e. The molecule has 0 rings (SSSR count). The van der Waals surface area contributed by atoms with Crippen LogP contribution < -0.4 is 0 Å². The highest BCUT2D eigenvalue weighted by Gasteiger charge is 1.99. The molecule has 0 aromatic rings. The average molecular weight is 224 g/mol. The van der Waals surface area contributed by atoms with E-state index >= 15 is 0 Å². The Hall–Kier alpha value is -0.660. The molecule has 94 valence electrons. The lowest BCUT2D eigenvalue weighted by Crippen LogP contribution is -2.00. The summed E-state index contributed by atoms with van der Waals surface area (Å²) in [6.07, 6.45) is 9.09. The van der Waals surface area contributed by atoms with Gasteiger partial charge in [-0.1, -0.05) is 53.4 Å². The van der Waals surface area contributed by atoms with Gasteiger partial charge in [-0.25, -0.2) is 0 Å². The first-order valence-corrected chi connectivity index (χ1v) is 6.89. The van der Waals surface area contributed by atoms with E-state index in [9.17, 15) is 0 Å². The van der Waals surface area contributed by atoms with Gasteiger partial charge in [-0.3, -0.25) is 0 Å². The number of hydrogen-bond acceptors (Lipinski definition) is 2. The molecular weight excluding hydrogens is 196 g/mol. The third-order valence-electron chi connectivity index (χ3n) is 2.49. The summed E-state index contributed by atoms with van der Waals surface area (Å²) in [6.45, 7) is 8.81. The Kier molecular flexibility index (Phi) is 10.4. The van der Waals surface area contributed by atoms with Crippen LogP contribution in [0.15, 0.2) is 10.2 Å². The van der Waals surface area contributed by atoms with Gasteiger partial charge in [-0.15, -0.1) is 0 Å². The van der Waals surface area contributed by atoms with Crippen molar-refractivity contribution < 1.29 is 0 Å². The molecule has 0 aliphatic heterocycles. The standard InChI is InChI=1S/C14H28N2/c1-5-9-13(10-6-2)15-16-14(11-7-3)12-8-4/h5-12H2,1-4H3. The summed E-state index contributed by atoms with van der Waals surface area (Å²) in [6, 6.07) is 0. The molecule has 0 N–H and O–H groups in total. The van der Waals surface area contributed by atoms with E-state index in [4.69, 9.17) is 0 Å². The van der Waals surface area contributed by atoms with E-state index in [-0.39, 0.29) is 0 Å². The van der Waals surface area contributed by atoms with Crippen LogP contribution in [-0.4, -0.2) is 11.4 Å². The summed E-state index contributed by atoms with van der Waals surface area (Å²) in [5.74, 6) is 0. The number of nitrogens with zero attached hydrogens (tertiary/aromatic N) is 2. The van der Waals surface area contributed by atoms with E-state index in [1.165, 1.54) is 37.1 Å². The Bertz CT molecular complexity index is 177. The van der Waals surface area contributed by atoms with Crippen LogP contribution in [0.2, 0.25) is 0 Å². The maximum atomic E-state index is 4.45. The molecule has 0 spiro atoms. The monoisotopic (exact) mass is 224 g/mol. The van der Waals surface area contributed by atoms with Crippen molar-refractivity contribution in [2.45, 2.75) is 79.1 Å². The van der Waals surface area contributed by atoms with E-state index in [1.807, 2.05) is 0 Å². The molecule has 0 bridgehead atoms. The molecule has 2 nitrogen and oxygen atoms in total. The van der Waals surface area contributed by atoms with Crippen LogP contribution in [0.3, 0.4) is 0 Å². The zero-order valence-corrected chi connectivity index (χ0v) is 11.6. The predicted molar refractivity (Wildman–Crippen MR) is 74.5 cm³/mol. The summed E-state index contributed by atoms with van der Waals surface area (Å²) >= 11 is 0. The third kappa shape index (κ3) is 7.61. The first-order valence-electron chi connectivity index (χ1n) is 6.89. The summed E-state index contributed by atoms with van der Waals surface area (Å²) in [7, 11) is 0. The molecule has 16 heavy (non-hydrogen) atoms. The molecule has 0 saturated heterocycles. The van der Waals surface area contributed by atoms with Crippen molar-refractivity contribution in [1.82, 2.24) is 0 Å². The van der Waals surface area contributed by atoms with Crippen molar-refractivity contribution in [1.29, 1.82) is 0 Å². The normalized spacial score (nSPS) is 10.0. The molecule has 0 amide bonds. The maximum absolute atomic E-state index is 4.45. The van der Waals surface area contributed by atoms with Gasteiger partial charge >= 0.3 is 0 Å². The van der Waals surface area contributed by atoms with Crippen LogP contribution in [0, 0.1) is 0 Å². The van der Waals surface area contributed by atoms with Gasteiger partial charge in [0, 0.05) is 11.4 Å². The minimum absolute atomic E-state index is 1.10. The molecule has 0 fully saturated rings. The van der Waals surface area contributed by atoms with E-state index in [1.54, 1.807) is 0 Å². The van der Waals surface area contributed by atoms with Crippen LogP contribution in [0.1, 0.15) is 79.1 Å². The molecule has 0 atom stereocenters. The highest BCUT2D eigenvalue weighted by atomic mass is 15.2. The molecule has 0 unspecified atom stereocenters. The molecule has 0 heterocycles. The lowest BCUT2D eigenvalue weighted by molar-refractivity contribution is 0.883. The minimum atomic E-state index is 1.10. The minimum Gasteiger partial charge on any atom is -0.160 e. The van der Waals surface area contributed by atoms with Gasteiger partial charge in [0.15, 0.2) is 0 Å². The fourth-order valence-corrected chi connectivity index (χ4v) is 1.75. The number of hydrogen-bond donors (Lipinski definition) is 0. The van der Waals surface area contributed by atoms with Gasteiger partial charge in [0.25, 0.3) is 0 Å². The Balaban J connectivity index is 4.44. The molecule has 0 aromatic heterocycles. The Morgan fingerprint density at radius 3 is 1.00 bits per heavy atom. The van der Waals surface area contributed by atoms with Gasteiger partial charge in [0.2, 0.25) is 0 Å². The second kappa shape index (κ2) is 10.8. The fraction of sp³-hybridized carbons (Fsp3) is 0.857. The molecule has 0 aliphatic carbocycles. The Labute approximate surface area is 101 Å². The fourth-order valence-electron chi connectivity index (χ4n) is 1.75. The van der Waals surface area contributed by atoms with Gasteiger partial charge < -0.3 is 0 Å². The SMILES string of the molecule is CCCC(CCC)=NN=C(CCC)CCC. The van der Waals surface area contributed by atoms with Crippen molar-refractivity contribution in [2.75, 3.05) is 0 Å². The van der Waals surface area contributed by atoms with Crippen molar-refractivity contribution in [3.63, 3.8) is 0 Å². The smallest absolute Gasteiger partial charge is 0.0405 e. The van der Waals surface area contributed by atoms with Gasteiger partial charge in [-0.05, 0) is 25.7 Å². The maximum Gasteiger partial charge on any atom is 0.0405 e. The summed E-state index contributed by atoms with van der Waals surface area (Å²) in [5, 5.41) is 8.89. The van der Waals surface area contributed by atoms with Crippen LogP contribution in [-0.2, 0) is 0 Å². The van der Waals surface area contributed by atoms with E-state index in [0.717, 1.165) is 25.7 Å². The first kappa shape index (κ1) is 15.3. The van der Waals surface area contributed by atoms with Crippen LogP contribution in [0.4, 0.5) is 0 Å². The quantitative estimate of drug-likeness (QED) is 0.389. The third-order valence-corrected chi connectivity index (χ3v) is 2.49. The van der Waals surface area contributed by atoms with E-state index in [2.05, 4.69) is 37.9 Å². The highest BCUT2D eigenvalue weighted by molar-refractivity contribution is 5.87. The lowest BCUT2D eigenvalue weighted by Gasteiger charge is -2.03. The Morgan fingerprint density at radius 2 is 0.812 bits per heavy atom. The van der Waals surface area contributed by atoms with Crippen molar-refractivity contribution in [3.8, 4) is 0 Å². The van der Waals surface area contributed by atoms with Crippen LogP contribution in [0.5, 0.6) is 0 Å². The van der Waals surface area contributed by atoms with Gasteiger partial charge in [0.05, 0.1) is 0 Å². The van der Waals surface area contributed by atoms with E-state index in [0.29, 0.717) is 0 Å². The second-order valence-electron chi connectivity index (χ2n) is 4.33. The predicted octanol–water partition coefficient (Wildman–Crippen LogP) is 4.98. The van der Waals surface area contributed by atoms with Gasteiger partial charge in [0.1, 0.15) is 0 Å². The van der Waals surface area contributed by atoms with Crippen LogP contribution in [0.25, 0.3) is 0 Å². The molecule has 0 radical (unpaired) electrons. The molecule has 0 aromatic carbocycles. The molecular formula is C14H28N2. The Morgan fingerprint density at radius 1 is 0.562 bits per heavy atom. The topological polar surface area (TPSA) is 24.7 Å². The van der Waals surface area contributed by atoms with Crippen molar-refractivity contribution in [2.24, 2.45) is 10.2 Å². The average Bonchev–Trinajstić information content (AvgIpc) is 2.27. The number of rotatable bonds is 9. The highest BCUT2D eigenvalue weighted by Crippen LogP contribution is 2.05. The van der Waals surface area contributed by atoms with Crippen molar-refractivity contribution in [3.05, 3.63) is 0 Å². The molecule has 0 saturated carbocycles. The summed E-state index contributed by atoms with van der Waals surface area (Å²) in [4.78, 5) is 0. The van der Waals surface area contributed by atoms with Crippen LogP contribution >= 0.6 is 0 Å². The zero-order chi connectivity index (χ0) is 12.2. The van der Waals surface area contributed by atoms with Gasteiger partial charge in [-0.2, -0.15) is 10.2 Å². The molecule has 0 aliphatic rings. The zero-order valence-electron chi connectivity index (χ0n) is 11.6. The molecule has 2 heteroatoms. The van der Waals surface area contributed by atoms with E-state index < -0.39 is 0 Å². The van der Waals surface area contributed by atoms with Crippen molar-refractivity contribution >= 4 is 11.4 Å². The summed E-state index contributed by atoms with van der Waals surface area (Å²) in [5.41, 5.74) is 2.55.